The monoisotopic (exact) mass is 279 g/mol. The van der Waals surface area contributed by atoms with Gasteiger partial charge in [0.1, 0.15) is 17.2 Å². The second kappa shape index (κ2) is 5.24. The van der Waals surface area contributed by atoms with Gasteiger partial charge in [-0.05, 0) is 13.0 Å². The smallest absolute Gasteiger partial charge is 0.341 e. The van der Waals surface area contributed by atoms with Crippen LogP contribution in [0.3, 0.4) is 0 Å². The largest absolute Gasteiger partial charge is 0.477 e. The highest BCUT2D eigenvalue weighted by Crippen LogP contribution is 2.12. The molecule has 6 heteroatoms. The molecule has 0 aliphatic carbocycles. The van der Waals surface area contributed by atoms with E-state index in [1.807, 2.05) is 0 Å². The molecule has 4 nitrogen and oxygen atoms in total. The Kier molecular flexibility index (Phi) is 3.65. The molecule has 1 heterocycles. The maximum Gasteiger partial charge on any atom is 0.341 e. The summed E-state index contributed by atoms with van der Waals surface area (Å²) in [5, 5.41) is 8.90. The molecule has 104 valence electrons. The van der Waals surface area contributed by atoms with Gasteiger partial charge in [0.25, 0.3) is 0 Å². The summed E-state index contributed by atoms with van der Waals surface area (Å²) in [7, 11) is 0. The number of pyridine rings is 1. The third kappa shape index (κ3) is 2.74. The van der Waals surface area contributed by atoms with Crippen LogP contribution in [0.5, 0.6) is 0 Å². The molecular weight excluding hydrogens is 268 g/mol. The molecule has 0 aliphatic rings. The predicted molar refractivity (Wildman–Crippen MR) is 67.9 cm³/mol. The molecule has 2 rings (SSSR count). The standard InChI is InChI=1S/C14H11F2NO3/c1-8-4-13(18)11(14(19)20)7-17(8)6-9-2-3-10(15)5-12(9)16/h2-5,7H,6H2,1H3,(H,19,20). The zero-order valence-corrected chi connectivity index (χ0v) is 10.6. The van der Waals surface area contributed by atoms with Gasteiger partial charge in [0.05, 0.1) is 6.54 Å². The van der Waals surface area contributed by atoms with E-state index in [1.165, 1.54) is 16.7 Å². The molecule has 0 bridgehead atoms. The van der Waals surface area contributed by atoms with Crippen molar-refractivity contribution in [3.8, 4) is 0 Å². The first-order valence-corrected chi connectivity index (χ1v) is 5.77. The number of carbonyl (C=O) groups is 1. The summed E-state index contributed by atoms with van der Waals surface area (Å²) in [6.07, 6.45) is 1.16. The first-order valence-electron chi connectivity index (χ1n) is 5.77. The number of rotatable bonds is 3. The van der Waals surface area contributed by atoms with Crippen molar-refractivity contribution in [2.24, 2.45) is 0 Å². The summed E-state index contributed by atoms with van der Waals surface area (Å²) >= 11 is 0. The Hall–Kier alpha value is -2.50. The summed E-state index contributed by atoms with van der Waals surface area (Å²) in [5.41, 5.74) is -0.304. The number of aromatic nitrogens is 1. The van der Waals surface area contributed by atoms with E-state index >= 15 is 0 Å². The molecule has 0 saturated carbocycles. The van der Waals surface area contributed by atoms with Crippen molar-refractivity contribution in [3.63, 3.8) is 0 Å². The van der Waals surface area contributed by atoms with Gasteiger partial charge in [-0.1, -0.05) is 6.07 Å². The van der Waals surface area contributed by atoms with Gasteiger partial charge in [-0.25, -0.2) is 13.6 Å². The normalized spacial score (nSPS) is 10.6. The zero-order valence-electron chi connectivity index (χ0n) is 10.6. The van der Waals surface area contributed by atoms with Crippen molar-refractivity contribution in [2.45, 2.75) is 13.5 Å². The van der Waals surface area contributed by atoms with Gasteiger partial charge in [0.15, 0.2) is 5.43 Å². The van der Waals surface area contributed by atoms with Crippen LogP contribution < -0.4 is 5.43 Å². The highest BCUT2D eigenvalue weighted by atomic mass is 19.1. The number of carboxylic acid groups (broad SMARTS) is 1. The van der Waals surface area contributed by atoms with Crippen molar-refractivity contribution in [1.82, 2.24) is 4.57 Å². The van der Waals surface area contributed by atoms with Gasteiger partial charge in [-0.3, -0.25) is 4.79 Å². The number of carboxylic acids is 1. The number of nitrogens with zero attached hydrogens (tertiary/aromatic N) is 1. The van der Waals surface area contributed by atoms with Crippen molar-refractivity contribution < 1.29 is 18.7 Å². The maximum absolute atomic E-state index is 13.6. The minimum Gasteiger partial charge on any atom is -0.477 e. The molecule has 20 heavy (non-hydrogen) atoms. The molecule has 0 fully saturated rings. The topological polar surface area (TPSA) is 59.3 Å². The molecule has 0 saturated heterocycles. The Morgan fingerprint density at radius 1 is 1.30 bits per heavy atom. The molecule has 1 N–H and O–H groups in total. The van der Waals surface area contributed by atoms with Crippen LogP contribution in [-0.4, -0.2) is 15.6 Å². The summed E-state index contributed by atoms with van der Waals surface area (Å²) in [4.78, 5) is 22.4. The molecule has 2 aromatic rings. The van der Waals surface area contributed by atoms with Gasteiger partial charge in [0.2, 0.25) is 0 Å². The molecule has 0 amide bonds. The van der Waals surface area contributed by atoms with E-state index in [0.717, 1.165) is 18.3 Å². The van der Waals surface area contributed by atoms with Crippen LogP contribution in [-0.2, 0) is 6.54 Å². The van der Waals surface area contributed by atoms with E-state index in [4.69, 9.17) is 5.11 Å². The summed E-state index contributed by atoms with van der Waals surface area (Å²) in [6, 6.07) is 4.33. The van der Waals surface area contributed by atoms with Crippen LogP contribution in [0.4, 0.5) is 8.78 Å². The number of hydrogen-bond acceptors (Lipinski definition) is 2. The van der Waals surface area contributed by atoms with Gasteiger partial charge < -0.3 is 9.67 Å². The molecule has 0 atom stereocenters. The van der Waals surface area contributed by atoms with E-state index < -0.39 is 28.6 Å². The molecule has 0 spiro atoms. The van der Waals surface area contributed by atoms with E-state index in [1.54, 1.807) is 6.92 Å². The molecule has 1 aromatic heterocycles. The minimum atomic E-state index is -1.34. The van der Waals surface area contributed by atoms with Gasteiger partial charge in [-0.2, -0.15) is 0 Å². The second-order valence-electron chi connectivity index (χ2n) is 4.36. The highest BCUT2D eigenvalue weighted by Gasteiger charge is 2.12. The van der Waals surface area contributed by atoms with Crippen LogP contribution >= 0.6 is 0 Å². The molecule has 0 aliphatic heterocycles. The summed E-state index contributed by atoms with van der Waals surface area (Å²) < 4.78 is 27.8. The SMILES string of the molecule is Cc1cc(=O)c(C(=O)O)cn1Cc1ccc(F)cc1F. The van der Waals surface area contributed by atoms with Crippen molar-refractivity contribution >= 4 is 5.97 Å². The van der Waals surface area contributed by atoms with Gasteiger partial charge >= 0.3 is 5.97 Å². The predicted octanol–water partition coefficient (Wildman–Crippen LogP) is 2.18. The zero-order chi connectivity index (χ0) is 14.9. The Bertz CT molecular complexity index is 738. The Balaban J connectivity index is 2.45. The van der Waals surface area contributed by atoms with E-state index in [9.17, 15) is 18.4 Å². The van der Waals surface area contributed by atoms with Crippen molar-refractivity contribution in [1.29, 1.82) is 0 Å². The third-order valence-electron chi connectivity index (χ3n) is 2.93. The first kappa shape index (κ1) is 13.9. The fourth-order valence-electron chi connectivity index (χ4n) is 1.84. The summed E-state index contributed by atoms with van der Waals surface area (Å²) in [6.45, 7) is 1.62. The number of benzene rings is 1. The average molecular weight is 279 g/mol. The van der Waals surface area contributed by atoms with Crippen LogP contribution in [0.15, 0.2) is 35.3 Å². The summed E-state index contributed by atoms with van der Waals surface area (Å²) in [5.74, 6) is -2.75. The lowest BCUT2D eigenvalue weighted by Crippen LogP contribution is -2.19. The van der Waals surface area contributed by atoms with Gasteiger partial charge in [-0.15, -0.1) is 0 Å². The number of halogens is 2. The van der Waals surface area contributed by atoms with Crippen LogP contribution in [0, 0.1) is 18.6 Å². The Labute approximate surface area is 112 Å². The Morgan fingerprint density at radius 3 is 2.60 bits per heavy atom. The van der Waals surface area contributed by atoms with E-state index in [0.29, 0.717) is 5.69 Å². The van der Waals surface area contributed by atoms with Crippen molar-refractivity contribution in [2.75, 3.05) is 0 Å². The number of aryl methyl sites for hydroxylation is 1. The first-order chi connectivity index (χ1) is 9.38. The molecule has 1 aromatic carbocycles. The third-order valence-corrected chi connectivity index (χ3v) is 2.93. The van der Waals surface area contributed by atoms with Gasteiger partial charge in [0, 0.05) is 29.6 Å². The molecular formula is C14H11F2NO3. The van der Waals surface area contributed by atoms with Crippen LogP contribution in [0.1, 0.15) is 21.6 Å². The van der Waals surface area contributed by atoms with E-state index in [2.05, 4.69) is 0 Å². The Morgan fingerprint density at radius 2 is 2.00 bits per heavy atom. The van der Waals surface area contributed by atoms with E-state index in [-0.39, 0.29) is 12.1 Å². The lowest BCUT2D eigenvalue weighted by Gasteiger charge is -2.12. The molecule has 0 unspecified atom stereocenters. The fraction of sp³-hybridized carbons (Fsp3) is 0.143. The maximum atomic E-state index is 13.6. The number of aromatic carboxylic acids is 1. The van der Waals surface area contributed by atoms with Crippen molar-refractivity contribution in [3.05, 3.63) is 69.1 Å². The van der Waals surface area contributed by atoms with Crippen LogP contribution in [0.2, 0.25) is 0 Å². The molecule has 0 radical (unpaired) electrons. The second-order valence-corrected chi connectivity index (χ2v) is 4.36. The lowest BCUT2D eigenvalue weighted by molar-refractivity contribution is 0.0694. The fourth-order valence-corrected chi connectivity index (χ4v) is 1.84. The minimum absolute atomic E-state index is 0.0124. The quantitative estimate of drug-likeness (QED) is 0.936. The number of hydrogen-bond donors (Lipinski definition) is 1. The average Bonchev–Trinajstić information content (AvgIpc) is 2.35. The van der Waals surface area contributed by atoms with Crippen LogP contribution in [0.25, 0.3) is 0 Å². The lowest BCUT2D eigenvalue weighted by atomic mass is 10.2. The highest BCUT2D eigenvalue weighted by molar-refractivity contribution is 5.87.